The molecule has 5 rings (SSSR count). The lowest BCUT2D eigenvalue weighted by Gasteiger charge is -2.11. The van der Waals surface area contributed by atoms with Crippen LogP contribution in [-0.2, 0) is 4.79 Å². The van der Waals surface area contributed by atoms with Crippen molar-refractivity contribution in [3.05, 3.63) is 79.3 Å². The number of aromatic nitrogens is 5. The summed E-state index contributed by atoms with van der Waals surface area (Å²) in [6.45, 7) is 5.31. The summed E-state index contributed by atoms with van der Waals surface area (Å²) in [5, 5.41) is 13.3. The van der Waals surface area contributed by atoms with Gasteiger partial charge in [0.1, 0.15) is 35.2 Å². The number of hydrogen-bond acceptors (Lipinski definition) is 7. The van der Waals surface area contributed by atoms with Crippen LogP contribution < -0.4 is 20.7 Å². The molecule has 0 aliphatic carbocycles. The summed E-state index contributed by atoms with van der Waals surface area (Å²) >= 11 is 0. The highest BCUT2D eigenvalue weighted by atomic mass is 19.1. The van der Waals surface area contributed by atoms with Crippen molar-refractivity contribution in [2.75, 3.05) is 16.0 Å². The first-order chi connectivity index (χ1) is 19.2. The van der Waals surface area contributed by atoms with Gasteiger partial charge in [0.15, 0.2) is 0 Å². The number of amides is 3. The molecule has 3 amide bonds. The van der Waals surface area contributed by atoms with E-state index in [4.69, 9.17) is 4.74 Å². The molecule has 0 atom stereocenters. The number of nitrogens with zero attached hydrogens (tertiary/aromatic N) is 5. The molecule has 11 nitrogen and oxygen atoms in total. The monoisotopic (exact) mass is 540 g/mol. The highest BCUT2D eigenvalue weighted by Crippen LogP contribution is 2.31. The van der Waals surface area contributed by atoms with Crippen LogP contribution in [0.1, 0.15) is 26.8 Å². The van der Waals surface area contributed by atoms with Crippen molar-refractivity contribution >= 4 is 40.0 Å². The van der Waals surface area contributed by atoms with E-state index in [0.29, 0.717) is 22.9 Å². The number of benzene rings is 2. The zero-order valence-corrected chi connectivity index (χ0v) is 21.8. The SMILES string of the molecule is CC(=O)Nc1cc(Oc2ccc(NC(=O)Nc3cn(C(C)C)nc3-c3ccc4ncncc4c3)c(F)c2)ccn1. The Morgan fingerprint density at radius 2 is 1.75 bits per heavy atom. The highest BCUT2D eigenvalue weighted by molar-refractivity contribution is 6.02. The van der Waals surface area contributed by atoms with E-state index >= 15 is 0 Å². The third-order valence-corrected chi connectivity index (χ3v) is 5.75. The average molecular weight is 541 g/mol. The molecule has 12 heteroatoms. The molecule has 3 aromatic heterocycles. The Labute approximate surface area is 228 Å². The summed E-state index contributed by atoms with van der Waals surface area (Å²) < 4.78 is 22.3. The van der Waals surface area contributed by atoms with E-state index in [0.717, 1.165) is 22.5 Å². The summed E-state index contributed by atoms with van der Waals surface area (Å²) in [5.74, 6) is -0.121. The first-order valence-corrected chi connectivity index (χ1v) is 12.3. The molecule has 0 spiro atoms. The van der Waals surface area contributed by atoms with Gasteiger partial charge < -0.3 is 20.7 Å². The van der Waals surface area contributed by atoms with Crippen molar-refractivity contribution in [2.24, 2.45) is 0 Å². The van der Waals surface area contributed by atoms with Gasteiger partial charge in [0.25, 0.3) is 0 Å². The maximum Gasteiger partial charge on any atom is 0.323 e. The lowest BCUT2D eigenvalue weighted by atomic mass is 10.1. The molecule has 40 heavy (non-hydrogen) atoms. The van der Waals surface area contributed by atoms with Gasteiger partial charge in [-0.05, 0) is 44.2 Å². The molecule has 0 saturated heterocycles. The Hall–Kier alpha value is -5.39. The predicted octanol–water partition coefficient (Wildman–Crippen LogP) is 6.00. The molecule has 0 fully saturated rings. The number of halogens is 1. The largest absolute Gasteiger partial charge is 0.457 e. The smallest absolute Gasteiger partial charge is 0.323 e. The number of rotatable bonds is 7. The number of carbonyl (C=O) groups is 2. The van der Waals surface area contributed by atoms with Crippen molar-refractivity contribution in [3.8, 4) is 22.8 Å². The molecule has 0 aliphatic rings. The minimum absolute atomic E-state index is 0.0424. The van der Waals surface area contributed by atoms with Gasteiger partial charge in [-0.15, -0.1) is 0 Å². The van der Waals surface area contributed by atoms with Gasteiger partial charge in [0.05, 0.1) is 16.9 Å². The number of pyridine rings is 1. The normalized spacial score (nSPS) is 10.9. The van der Waals surface area contributed by atoms with E-state index in [1.165, 1.54) is 37.6 Å². The molecule has 0 bridgehead atoms. The van der Waals surface area contributed by atoms with Crippen LogP contribution in [0.25, 0.3) is 22.2 Å². The van der Waals surface area contributed by atoms with Crippen LogP contribution in [-0.4, -0.2) is 36.7 Å². The van der Waals surface area contributed by atoms with Gasteiger partial charge in [-0.25, -0.2) is 24.1 Å². The Morgan fingerprint density at radius 3 is 2.52 bits per heavy atom. The summed E-state index contributed by atoms with van der Waals surface area (Å²) in [6.07, 6.45) is 6.37. The number of ether oxygens (including phenoxy) is 1. The van der Waals surface area contributed by atoms with E-state index in [1.807, 2.05) is 32.0 Å². The Kier molecular flexibility index (Phi) is 7.31. The lowest BCUT2D eigenvalue weighted by Crippen LogP contribution is -2.20. The molecule has 5 aromatic rings. The standard InChI is InChI=1S/C28H25FN8O3/c1-16(2)37-14-25(27(36-37)18-4-6-23-19(10-18)13-30-15-32-23)35-28(39)34-24-7-5-20(11-22(24)29)40-21-8-9-31-26(12-21)33-17(3)38/h4-16H,1-3H3,(H,31,33,38)(H2,34,35,39). The van der Waals surface area contributed by atoms with Crippen molar-refractivity contribution < 1.29 is 18.7 Å². The average Bonchev–Trinajstić information content (AvgIpc) is 3.34. The van der Waals surface area contributed by atoms with Crippen molar-refractivity contribution in [1.29, 1.82) is 0 Å². The van der Waals surface area contributed by atoms with E-state index in [2.05, 4.69) is 36.0 Å². The van der Waals surface area contributed by atoms with Crippen LogP contribution >= 0.6 is 0 Å². The number of hydrogen-bond donors (Lipinski definition) is 3. The highest BCUT2D eigenvalue weighted by Gasteiger charge is 2.17. The molecule has 202 valence electrons. The van der Waals surface area contributed by atoms with Crippen molar-refractivity contribution in [1.82, 2.24) is 24.7 Å². The quantitative estimate of drug-likeness (QED) is 0.230. The van der Waals surface area contributed by atoms with E-state index in [1.54, 1.807) is 23.1 Å². The van der Waals surface area contributed by atoms with E-state index in [-0.39, 0.29) is 23.4 Å². The Bertz CT molecular complexity index is 1720. The van der Waals surface area contributed by atoms with Gasteiger partial charge in [-0.3, -0.25) is 9.48 Å². The van der Waals surface area contributed by atoms with Crippen molar-refractivity contribution in [2.45, 2.75) is 26.8 Å². The minimum Gasteiger partial charge on any atom is -0.457 e. The number of anilines is 3. The number of urea groups is 1. The first kappa shape index (κ1) is 26.2. The topological polar surface area (TPSA) is 136 Å². The molecule has 0 aliphatic heterocycles. The van der Waals surface area contributed by atoms with Crippen LogP contribution in [0, 0.1) is 5.82 Å². The Balaban J connectivity index is 1.32. The van der Waals surface area contributed by atoms with E-state index < -0.39 is 11.8 Å². The molecule has 0 unspecified atom stereocenters. The third-order valence-electron chi connectivity index (χ3n) is 5.75. The zero-order valence-electron chi connectivity index (χ0n) is 21.8. The molecule has 3 heterocycles. The predicted molar refractivity (Wildman–Crippen MR) is 149 cm³/mol. The maximum atomic E-state index is 14.9. The maximum absolute atomic E-state index is 14.9. The molecule has 0 saturated carbocycles. The fourth-order valence-corrected chi connectivity index (χ4v) is 3.89. The van der Waals surface area contributed by atoms with Crippen LogP contribution in [0.5, 0.6) is 11.5 Å². The summed E-state index contributed by atoms with van der Waals surface area (Å²) in [4.78, 5) is 36.5. The van der Waals surface area contributed by atoms with Crippen molar-refractivity contribution in [3.63, 3.8) is 0 Å². The summed E-state index contributed by atoms with van der Waals surface area (Å²) in [5.41, 5.74) is 2.51. The number of carbonyl (C=O) groups excluding carboxylic acids is 2. The summed E-state index contributed by atoms with van der Waals surface area (Å²) in [7, 11) is 0. The van der Waals surface area contributed by atoms with Gasteiger partial charge >= 0.3 is 6.03 Å². The fraction of sp³-hybridized carbons (Fsp3) is 0.143. The van der Waals surface area contributed by atoms with Crippen LogP contribution in [0.4, 0.5) is 26.4 Å². The van der Waals surface area contributed by atoms with Gasteiger partial charge in [-0.2, -0.15) is 5.10 Å². The third kappa shape index (κ3) is 6.01. The molecular weight excluding hydrogens is 515 g/mol. The molecular formula is C28H25FN8O3. The van der Waals surface area contributed by atoms with Gasteiger partial charge in [0, 0.05) is 54.6 Å². The van der Waals surface area contributed by atoms with E-state index in [9.17, 15) is 14.0 Å². The van der Waals surface area contributed by atoms with Gasteiger partial charge in [-0.1, -0.05) is 6.07 Å². The Morgan fingerprint density at radius 1 is 0.950 bits per heavy atom. The second-order valence-electron chi connectivity index (χ2n) is 9.14. The lowest BCUT2D eigenvalue weighted by molar-refractivity contribution is -0.114. The summed E-state index contributed by atoms with van der Waals surface area (Å²) in [6, 6.07) is 12.1. The second-order valence-corrected chi connectivity index (χ2v) is 9.14. The van der Waals surface area contributed by atoms with Crippen LogP contribution in [0.15, 0.2) is 73.4 Å². The molecule has 3 N–H and O–H groups in total. The first-order valence-electron chi connectivity index (χ1n) is 12.3. The van der Waals surface area contributed by atoms with Gasteiger partial charge in [0.2, 0.25) is 5.91 Å². The molecule has 0 radical (unpaired) electrons. The molecule has 2 aromatic carbocycles. The number of fused-ring (bicyclic) bond motifs is 1. The van der Waals surface area contributed by atoms with Crippen LogP contribution in [0.3, 0.4) is 0 Å². The zero-order chi connectivity index (χ0) is 28.2. The van der Waals surface area contributed by atoms with Crippen LogP contribution in [0.2, 0.25) is 0 Å². The number of nitrogens with one attached hydrogen (secondary N) is 3. The minimum atomic E-state index is -0.698. The second kappa shape index (κ2) is 11.2. The fourth-order valence-electron chi connectivity index (χ4n) is 3.89.